The van der Waals surface area contributed by atoms with Crippen molar-refractivity contribution in [2.75, 3.05) is 38.0 Å². The number of carbonyl (C=O) groups is 1. The van der Waals surface area contributed by atoms with Gasteiger partial charge in [0.25, 0.3) is 0 Å². The van der Waals surface area contributed by atoms with Gasteiger partial charge in [0, 0.05) is 51.3 Å². The minimum atomic E-state index is 0.0598. The molecule has 0 spiro atoms. The number of aromatic nitrogens is 2. The Hall–Kier alpha value is -1.96. The molecule has 1 saturated heterocycles. The fourth-order valence-electron chi connectivity index (χ4n) is 3.27. The third kappa shape index (κ3) is 4.60. The second-order valence-electron chi connectivity index (χ2n) is 6.76. The lowest BCUT2D eigenvalue weighted by Crippen LogP contribution is -2.48. The second kappa shape index (κ2) is 8.62. The van der Waals surface area contributed by atoms with Gasteiger partial charge >= 0.3 is 0 Å². The van der Waals surface area contributed by atoms with Crippen LogP contribution in [0.2, 0.25) is 0 Å². The summed E-state index contributed by atoms with van der Waals surface area (Å²) in [5, 5.41) is 3.06. The van der Waals surface area contributed by atoms with Gasteiger partial charge in [-0.3, -0.25) is 14.6 Å². The van der Waals surface area contributed by atoms with E-state index < -0.39 is 0 Å². The number of hydrogen-bond donors (Lipinski definition) is 1. The smallest absolute Gasteiger partial charge is 0.238 e. The van der Waals surface area contributed by atoms with Crippen LogP contribution in [0.25, 0.3) is 0 Å². The van der Waals surface area contributed by atoms with Gasteiger partial charge in [0.1, 0.15) is 0 Å². The van der Waals surface area contributed by atoms with E-state index >= 15 is 0 Å². The zero-order chi connectivity index (χ0) is 18.5. The Bertz CT molecular complexity index is 804. The number of hydrogen-bond acceptors (Lipinski definition) is 4. The van der Waals surface area contributed by atoms with Gasteiger partial charge in [-0.05, 0) is 30.3 Å². The molecule has 6 nitrogen and oxygen atoms in total. The van der Waals surface area contributed by atoms with Crippen LogP contribution < -0.4 is 5.32 Å². The normalized spacial score (nSPS) is 15.9. The van der Waals surface area contributed by atoms with Crippen LogP contribution in [0.1, 0.15) is 12.5 Å². The molecule has 0 bridgehead atoms. The van der Waals surface area contributed by atoms with Crippen molar-refractivity contribution >= 4 is 23.8 Å². The summed E-state index contributed by atoms with van der Waals surface area (Å²) in [5.41, 5.74) is 2.10. The minimum absolute atomic E-state index is 0.0598. The van der Waals surface area contributed by atoms with E-state index in [0.29, 0.717) is 6.54 Å². The molecule has 0 radical (unpaired) electrons. The van der Waals surface area contributed by atoms with Crippen LogP contribution in [0.5, 0.6) is 0 Å². The van der Waals surface area contributed by atoms with Crippen molar-refractivity contribution in [3.05, 3.63) is 47.0 Å². The van der Waals surface area contributed by atoms with E-state index in [1.807, 2.05) is 42.2 Å². The lowest BCUT2D eigenvalue weighted by molar-refractivity contribution is -0.117. The highest BCUT2D eigenvalue weighted by atomic mass is 32.1. The van der Waals surface area contributed by atoms with E-state index in [-0.39, 0.29) is 5.91 Å². The van der Waals surface area contributed by atoms with Crippen LogP contribution in [-0.4, -0.2) is 57.6 Å². The van der Waals surface area contributed by atoms with Gasteiger partial charge in [-0.25, -0.2) is 0 Å². The zero-order valence-corrected chi connectivity index (χ0v) is 16.3. The van der Waals surface area contributed by atoms with Crippen molar-refractivity contribution in [3.8, 4) is 0 Å². The molecule has 0 aliphatic carbocycles. The Morgan fingerprint density at radius 2 is 1.81 bits per heavy atom. The van der Waals surface area contributed by atoms with Gasteiger partial charge in [0.05, 0.1) is 13.2 Å². The predicted molar refractivity (Wildman–Crippen MR) is 107 cm³/mol. The quantitative estimate of drug-likeness (QED) is 0.790. The summed E-state index contributed by atoms with van der Waals surface area (Å²) in [5.74, 6) is 0.0598. The summed E-state index contributed by atoms with van der Waals surface area (Å²) in [6.07, 6.45) is 4.92. The number of aryl methyl sites for hydroxylation is 2. The van der Waals surface area contributed by atoms with Gasteiger partial charge in [-0.15, -0.1) is 0 Å². The van der Waals surface area contributed by atoms with Crippen molar-refractivity contribution in [1.82, 2.24) is 18.9 Å². The number of rotatable bonds is 6. The maximum absolute atomic E-state index is 12.4. The Labute approximate surface area is 160 Å². The fourth-order valence-corrected chi connectivity index (χ4v) is 3.45. The molecule has 7 heteroatoms. The fraction of sp³-hybridized carbons (Fsp3) is 0.474. The molecule has 0 atom stereocenters. The largest absolute Gasteiger partial charge is 0.327 e. The molecule has 140 valence electrons. The summed E-state index contributed by atoms with van der Waals surface area (Å²) < 4.78 is 4.87. The van der Waals surface area contributed by atoms with Crippen LogP contribution in [0.15, 0.2) is 36.7 Å². The molecule has 1 aromatic carbocycles. The third-order valence-electron chi connectivity index (χ3n) is 4.87. The second-order valence-corrected chi connectivity index (χ2v) is 7.12. The predicted octanol–water partition coefficient (Wildman–Crippen LogP) is 2.33. The summed E-state index contributed by atoms with van der Waals surface area (Å²) >= 11 is 5.39. The number of piperazine rings is 1. The highest BCUT2D eigenvalue weighted by molar-refractivity contribution is 7.71. The number of anilines is 1. The van der Waals surface area contributed by atoms with Gasteiger partial charge in [-0.2, -0.15) is 0 Å². The van der Waals surface area contributed by atoms with Gasteiger partial charge in [0.15, 0.2) is 4.77 Å². The molecule has 1 aliphatic rings. The molecule has 26 heavy (non-hydrogen) atoms. The summed E-state index contributed by atoms with van der Waals surface area (Å²) in [6, 6.07) is 8.00. The van der Waals surface area contributed by atoms with Crippen LogP contribution in [-0.2, 0) is 24.9 Å². The molecule has 1 aliphatic heterocycles. The Kier molecular flexibility index (Phi) is 6.24. The summed E-state index contributed by atoms with van der Waals surface area (Å²) in [7, 11) is 1.96. The van der Waals surface area contributed by atoms with Crippen LogP contribution in [0, 0.1) is 4.77 Å². The molecule has 1 aromatic heterocycles. The lowest BCUT2D eigenvalue weighted by Gasteiger charge is -2.34. The van der Waals surface area contributed by atoms with E-state index in [9.17, 15) is 4.79 Å². The Morgan fingerprint density at radius 1 is 1.12 bits per heavy atom. The standard InChI is InChI=1S/C19H27N5OS/c1-3-16-6-4-5-7-17(16)20-18(25)14-22-9-11-23(12-10-22)15-24-13-8-21(2)19(24)26/h4-8,13H,3,9-12,14-15H2,1-2H3,(H,20,25). The molecule has 0 saturated carbocycles. The molecule has 3 rings (SSSR count). The van der Waals surface area contributed by atoms with E-state index in [1.54, 1.807) is 0 Å². The van der Waals surface area contributed by atoms with Gasteiger partial charge in [0.2, 0.25) is 5.91 Å². The number of carbonyl (C=O) groups excluding carboxylic acids is 1. The molecule has 1 amide bonds. The molecular formula is C19H27N5OS. The lowest BCUT2D eigenvalue weighted by atomic mass is 10.1. The zero-order valence-electron chi connectivity index (χ0n) is 15.5. The van der Waals surface area contributed by atoms with Crippen molar-refractivity contribution < 1.29 is 4.79 Å². The first-order valence-electron chi connectivity index (χ1n) is 9.11. The van der Waals surface area contributed by atoms with Crippen LogP contribution in [0.4, 0.5) is 5.69 Å². The van der Waals surface area contributed by atoms with Crippen molar-refractivity contribution in [1.29, 1.82) is 0 Å². The molecule has 1 fully saturated rings. The van der Waals surface area contributed by atoms with Crippen molar-refractivity contribution in [2.45, 2.75) is 20.0 Å². The Balaban J connectivity index is 1.47. The van der Waals surface area contributed by atoms with Gasteiger partial charge < -0.3 is 14.5 Å². The SMILES string of the molecule is CCc1ccccc1NC(=O)CN1CCN(Cn2ccn(C)c2=S)CC1. The molecule has 2 heterocycles. The number of benzene rings is 1. The summed E-state index contributed by atoms with van der Waals surface area (Å²) in [4.78, 5) is 17.0. The number of nitrogens with zero attached hydrogens (tertiary/aromatic N) is 4. The van der Waals surface area contributed by atoms with E-state index in [4.69, 9.17) is 12.2 Å². The van der Waals surface area contributed by atoms with Crippen molar-refractivity contribution in [2.24, 2.45) is 7.05 Å². The van der Waals surface area contributed by atoms with E-state index in [1.165, 1.54) is 5.56 Å². The molecular weight excluding hydrogens is 346 g/mol. The van der Waals surface area contributed by atoms with Crippen LogP contribution in [0.3, 0.4) is 0 Å². The molecule has 2 aromatic rings. The highest BCUT2D eigenvalue weighted by Crippen LogP contribution is 2.15. The first-order valence-corrected chi connectivity index (χ1v) is 9.52. The number of amides is 1. The topological polar surface area (TPSA) is 45.4 Å². The van der Waals surface area contributed by atoms with Gasteiger partial charge in [-0.1, -0.05) is 25.1 Å². The van der Waals surface area contributed by atoms with Crippen LogP contribution >= 0.6 is 12.2 Å². The number of para-hydroxylation sites is 1. The third-order valence-corrected chi connectivity index (χ3v) is 5.40. The van der Waals surface area contributed by atoms with Crippen molar-refractivity contribution in [3.63, 3.8) is 0 Å². The van der Waals surface area contributed by atoms with E-state index in [0.717, 1.165) is 49.7 Å². The number of imidazole rings is 1. The summed E-state index contributed by atoms with van der Waals surface area (Å²) in [6.45, 7) is 7.01. The Morgan fingerprint density at radius 3 is 2.46 bits per heavy atom. The maximum atomic E-state index is 12.4. The molecule has 0 unspecified atom stereocenters. The maximum Gasteiger partial charge on any atom is 0.238 e. The minimum Gasteiger partial charge on any atom is -0.327 e. The first kappa shape index (κ1) is 18.8. The highest BCUT2D eigenvalue weighted by Gasteiger charge is 2.19. The average Bonchev–Trinajstić information content (AvgIpc) is 2.96. The molecule has 1 N–H and O–H groups in total. The monoisotopic (exact) mass is 373 g/mol. The average molecular weight is 374 g/mol. The van der Waals surface area contributed by atoms with E-state index in [2.05, 4.69) is 32.7 Å². The number of nitrogens with one attached hydrogen (secondary N) is 1. The first-order chi connectivity index (χ1) is 12.6.